The molecule has 1 atom stereocenters. The van der Waals surface area contributed by atoms with Crippen LogP contribution in [0.4, 0.5) is 5.69 Å². The molecule has 0 aliphatic rings. The van der Waals surface area contributed by atoms with Gasteiger partial charge in [-0.05, 0) is 45.8 Å². The summed E-state index contributed by atoms with van der Waals surface area (Å²) in [6.45, 7) is 5.97. The van der Waals surface area contributed by atoms with E-state index in [4.69, 9.17) is 4.74 Å². The lowest BCUT2D eigenvalue weighted by atomic mass is 10.1. The third-order valence-electron chi connectivity index (χ3n) is 3.15. The van der Waals surface area contributed by atoms with E-state index in [1.165, 1.54) is 0 Å². The topological polar surface area (TPSA) is 53.6 Å². The molecule has 0 aliphatic carbocycles. The lowest BCUT2D eigenvalue weighted by molar-refractivity contribution is -0.119. The highest BCUT2D eigenvalue weighted by Gasteiger charge is 2.14. The molecule has 1 amide bonds. The monoisotopic (exact) mass is 365 g/mol. The fraction of sp³-hybridized carbons (Fsp3) is 0.562. The number of carbonyl (C=O) groups excluding carboxylic acids is 1. The number of nitrogens with one attached hydrogen (secondary N) is 2. The minimum Gasteiger partial charge on any atom is -0.490 e. The van der Waals surface area contributed by atoms with Crippen LogP contribution >= 0.6 is 24.8 Å². The zero-order chi connectivity index (χ0) is 15.8. The van der Waals surface area contributed by atoms with Crippen LogP contribution in [0.25, 0.3) is 0 Å². The molecule has 23 heavy (non-hydrogen) atoms. The smallest absolute Gasteiger partial charge is 0.228 e. The van der Waals surface area contributed by atoms with Gasteiger partial charge in [0.1, 0.15) is 12.4 Å². The first-order valence-electron chi connectivity index (χ1n) is 7.27. The molecule has 1 aromatic rings. The van der Waals surface area contributed by atoms with Crippen LogP contribution in [-0.2, 0) is 4.79 Å². The zero-order valence-electron chi connectivity index (χ0n) is 14.5. The van der Waals surface area contributed by atoms with E-state index in [9.17, 15) is 4.79 Å². The van der Waals surface area contributed by atoms with Gasteiger partial charge in [0.05, 0.1) is 5.69 Å². The Kier molecular flexibility index (Phi) is 13.1. The van der Waals surface area contributed by atoms with Gasteiger partial charge in [-0.1, -0.05) is 13.0 Å². The number of ether oxygens (including phenoxy) is 1. The van der Waals surface area contributed by atoms with E-state index < -0.39 is 0 Å². The van der Waals surface area contributed by atoms with Gasteiger partial charge in [0.15, 0.2) is 0 Å². The van der Waals surface area contributed by atoms with E-state index in [0.717, 1.165) is 23.5 Å². The van der Waals surface area contributed by atoms with Crippen molar-refractivity contribution in [3.8, 4) is 5.75 Å². The molecule has 0 bridgehead atoms. The maximum absolute atomic E-state index is 12.1. The maximum Gasteiger partial charge on any atom is 0.228 e. The Hall–Kier alpha value is -1.01. The normalized spacial score (nSPS) is 11.2. The van der Waals surface area contributed by atoms with Gasteiger partial charge in [-0.25, -0.2) is 0 Å². The Morgan fingerprint density at radius 2 is 1.96 bits per heavy atom. The number of anilines is 1. The van der Waals surface area contributed by atoms with Crippen molar-refractivity contribution in [1.29, 1.82) is 0 Å². The minimum atomic E-state index is -0.0917. The van der Waals surface area contributed by atoms with Crippen molar-refractivity contribution >= 4 is 36.4 Å². The van der Waals surface area contributed by atoms with Gasteiger partial charge in [0, 0.05) is 19.0 Å². The molecule has 0 saturated carbocycles. The third-order valence-corrected chi connectivity index (χ3v) is 3.15. The third kappa shape index (κ3) is 9.01. The molecule has 0 aliphatic heterocycles. The number of halogens is 2. The number of hydrogen-bond acceptors (Lipinski definition) is 4. The lowest BCUT2D eigenvalue weighted by Gasteiger charge is -2.17. The van der Waals surface area contributed by atoms with Crippen molar-refractivity contribution < 1.29 is 9.53 Å². The summed E-state index contributed by atoms with van der Waals surface area (Å²) < 4.78 is 5.80. The van der Waals surface area contributed by atoms with Crippen molar-refractivity contribution in [3.63, 3.8) is 0 Å². The average molecular weight is 366 g/mol. The quantitative estimate of drug-likeness (QED) is 0.743. The van der Waals surface area contributed by atoms with Crippen LogP contribution < -0.4 is 15.4 Å². The highest BCUT2D eigenvalue weighted by atomic mass is 35.5. The summed E-state index contributed by atoms with van der Waals surface area (Å²) in [7, 11) is 5.84. The number of likely N-dealkylation sites (N-methyl/N-ethyl adjacent to an activating group) is 1. The highest BCUT2D eigenvalue weighted by Crippen LogP contribution is 2.26. The Morgan fingerprint density at radius 1 is 1.30 bits per heavy atom. The molecule has 134 valence electrons. The summed E-state index contributed by atoms with van der Waals surface area (Å²) >= 11 is 0. The SMILES string of the molecule is CNCC(C)C(=O)Nc1ccc(C)cc1OCCN(C)C.Cl.Cl. The number of carbonyl (C=O) groups is 1. The Bertz CT molecular complexity index is 471. The Morgan fingerprint density at radius 3 is 2.52 bits per heavy atom. The molecule has 7 heteroatoms. The molecule has 0 spiro atoms. The molecule has 5 nitrogen and oxygen atoms in total. The summed E-state index contributed by atoms with van der Waals surface area (Å²) in [6.07, 6.45) is 0. The predicted octanol–water partition coefficient (Wildman–Crippen LogP) is 2.57. The molecular weight excluding hydrogens is 337 g/mol. The van der Waals surface area contributed by atoms with Crippen LogP contribution in [-0.4, -0.2) is 51.6 Å². The van der Waals surface area contributed by atoms with Crippen LogP contribution in [0.3, 0.4) is 0 Å². The molecule has 0 radical (unpaired) electrons. The van der Waals surface area contributed by atoms with Crippen molar-refractivity contribution in [2.75, 3.05) is 46.2 Å². The van der Waals surface area contributed by atoms with Crippen molar-refractivity contribution in [2.24, 2.45) is 5.92 Å². The second-order valence-electron chi connectivity index (χ2n) is 5.60. The predicted molar refractivity (Wildman–Crippen MR) is 101 cm³/mol. The molecule has 1 unspecified atom stereocenters. The molecule has 2 N–H and O–H groups in total. The number of amides is 1. The number of aryl methyl sites for hydroxylation is 1. The van der Waals surface area contributed by atoms with E-state index in [0.29, 0.717) is 13.2 Å². The number of nitrogens with zero attached hydrogens (tertiary/aromatic N) is 1. The average Bonchev–Trinajstić information content (AvgIpc) is 2.41. The molecule has 0 heterocycles. The van der Waals surface area contributed by atoms with Crippen LogP contribution in [0.5, 0.6) is 5.75 Å². The van der Waals surface area contributed by atoms with Crippen LogP contribution in [0.1, 0.15) is 12.5 Å². The Balaban J connectivity index is 0. The molecule has 0 fully saturated rings. The standard InChI is InChI=1S/C16H27N3O2.2ClH/c1-12-6-7-14(18-16(20)13(2)11-17-3)15(10-12)21-9-8-19(4)5;;/h6-7,10,13,17H,8-9,11H2,1-5H3,(H,18,20);2*1H. The van der Waals surface area contributed by atoms with E-state index in [-0.39, 0.29) is 36.6 Å². The Labute approximate surface area is 152 Å². The van der Waals surface area contributed by atoms with Crippen LogP contribution in [0, 0.1) is 12.8 Å². The maximum atomic E-state index is 12.1. The second kappa shape index (κ2) is 12.4. The largest absolute Gasteiger partial charge is 0.490 e. The molecule has 0 aromatic heterocycles. The van der Waals surface area contributed by atoms with E-state index >= 15 is 0 Å². The minimum absolute atomic E-state index is 0. The van der Waals surface area contributed by atoms with Gasteiger partial charge in [-0.2, -0.15) is 0 Å². The van der Waals surface area contributed by atoms with Gasteiger partial charge in [-0.15, -0.1) is 24.8 Å². The summed E-state index contributed by atoms with van der Waals surface area (Å²) in [6, 6.07) is 5.81. The first kappa shape index (κ1) is 24.2. The van der Waals surface area contributed by atoms with Crippen molar-refractivity contribution in [3.05, 3.63) is 23.8 Å². The summed E-state index contributed by atoms with van der Waals surface area (Å²) in [5, 5.41) is 5.95. The van der Waals surface area contributed by atoms with Gasteiger partial charge in [0.2, 0.25) is 5.91 Å². The van der Waals surface area contributed by atoms with Crippen molar-refractivity contribution in [1.82, 2.24) is 10.2 Å². The second-order valence-corrected chi connectivity index (χ2v) is 5.60. The first-order valence-corrected chi connectivity index (χ1v) is 7.27. The molecular formula is C16H29Cl2N3O2. The van der Waals surface area contributed by atoms with Gasteiger partial charge in [-0.3, -0.25) is 4.79 Å². The molecule has 1 aromatic carbocycles. The fourth-order valence-electron chi connectivity index (χ4n) is 1.85. The summed E-state index contributed by atoms with van der Waals surface area (Å²) in [4.78, 5) is 14.2. The number of rotatable bonds is 8. The summed E-state index contributed by atoms with van der Waals surface area (Å²) in [5.74, 6) is 0.624. The van der Waals surface area contributed by atoms with E-state index in [1.54, 1.807) is 0 Å². The fourth-order valence-corrected chi connectivity index (χ4v) is 1.85. The molecule has 1 rings (SSSR count). The van der Waals surface area contributed by atoms with Gasteiger partial charge >= 0.3 is 0 Å². The van der Waals surface area contributed by atoms with Gasteiger partial charge < -0.3 is 20.3 Å². The lowest BCUT2D eigenvalue weighted by Crippen LogP contribution is -2.29. The van der Waals surface area contributed by atoms with Crippen molar-refractivity contribution in [2.45, 2.75) is 13.8 Å². The van der Waals surface area contributed by atoms with Crippen LogP contribution in [0.15, 0.2) is 18.2 Å². The first-order chi connectivity index (χ1) is 9.93. The van der Waals surface area contributed by atoms with Crippen LogP contribution in [0.2, 0.25) is 0 Å². The van der Waals surface area contributed by atoms with Gasteiger partial charge in [0.25, 0.3) is 0 Å². The highest BCUT2D eigenvalue weighted by molar-refractivity contribution is 5.93. The van der Waals surface area contributed by atoms with E-state index in [2.05, 4.69) is 15.5 Å². The number of benzene rings is 1. The summed E-state index contributed by atoms with van der Waals surface area (Å²) in [5.41, 5.74) is 1.84. The number of hydrogen-bond donors (Lipinski definition) is 2. The molecule has 0 saturated heterocycles. The van der Waals surface area contributed by atoms with E-state index in [1.807, 2.05) is 53.2 Å². The zero-order valence-corrected chi connectivity index (χ0v) is 16.1.